The van der Waals surface area contributed by atoms with Crippen LogP contribution in [0.5, 0.6) is 0 Å². The first-order valence-electron chi connectivity index (χ1n) is 39.6. The fourth-order valence-corrected chi connectivity index (χ4v) is 12.9. The highest BCUT2D eigenvalue weighted by Gasteiger charge is 2.37. The average molecular weight is 1620 g/mol. The van der Waals surface area contributed by atoms with E-state index in [2.05, 4.69) is 74.4 Å². The van der Waals surface area contributed by atoms with Gasteiger partial charge in [0.05, 0.1) is 18.6 Å². The van der Waals surface area contributed by atoms with E-state index in [1.807, 2.05) is 0 Å². The fraction of sp³-hybridized carbons (Fsp3) is 0.400. The minimum Gasteiger partial charge on any atom is -0.370 e. The van der Waals surface area contributed by atoms with Gasteiger partial charge in [0.1, 0.15) is 42.3 Å². The summed E-state index contributed by atoms with van der Waals surface area (Å²) >= 11 is 0. The smallest absolute Gasteiger partial charge is 0.243 e. The number of nitrogens with two attached hydrogens (primary N) is 4. The van der Waals surface area contributed by atoms with E-state index in [1.54, 1.807) is 203 Å². The molecule has 0 fully saturated rings. The molecule has 26 N–H and O–H groups in total. The van der Waals surface area contributed by atoms with Crippen LogP contribution in [0.1, 0.15) is 105 Å². The van der Waals surface area contributed by atoms with Crippen LogP contribution in [0.15, 0.2) is 182 Å². The highest BCUT2D eigenvalue weighted by molar-refractivity contribution is 6.00. The lowest BCUT2D eigenvalue weighted by molar-refractivity contribution is -0.136. The van der Waals surface area contributed by atoms with Gasteiger partial charge in [-0.1, -0.05) is 196 Å². The number of rotatable bonds is 52. The van der Waals surface area contributed by atoms with Gasteiger partial charge in [-0.3, -0.25) is 74.4 Å². The van der Waals surface area contributed by atoms with Crippen molar-refractivity contribution >= 4 is 88.6 Å². The zero-order chi connectivity index (χ0) is 85.7. The van der Waals surface area contributed by atoms with E-state index in [1.165, 1.54) is 0 Å². The van der Waals surface area contributed by atoms with E-state index in [0.717, 1.165) is 0 Å². The Balaban J connectivity index is 1.33. The molecule has 0 bridgehead atoms. The van der Waals surface area contributed by atoms with Gasteiger partial charge in [0.25, 0.3) is 0 Å². The summed E-state index contributed by atoms with van der Waals surface area (Å²) < 4.78 is 0. The third kappa shape index (κ3) is 35.4. The molecular weight excluding hydrogens is 1510 g/mol. The van der Waals surface area contributed by atoms with Crippen molar-refractivity contribution in [2.24, 2.45) is 34.8 Å². The van der Waals surface area contributed by atoms with Gasteiger partial charge in [0.15, 0.2) is 35.4 Å². The molecule has 33 heteroatoms. The number of amides is 9. The molecule has 6 aromatic rings. The molecule has 6 aromatic carbocycles. The Morgan fingerprint density at radius 3 is 0.754 bits per heavy atom. The predicted molar refractivity (Wildman–Crippen MR) is 452 cm³/mol. The van der Waals surface area contributed by atoms with E-state index < -0.39 is 119 Å². The molecule has 10 unspecified atom stereocenters. The molecule has 0 radical (unpaired) electrons. The van der Waals surface area contributed by atoms with Gasteiger partial charge < -0.3 is 97.4 Å². The minimum atomic E-state index is -1.51. The molecule has 33 nitrogen and oxygen atoms in total. The number of carbonyl (C=O) groups excluding carboxylic acids is 11. The summed E-state index contributed by atoms with van der Waals surface area (Å²) in [5.41, 5.74) is 26.0. The van der Waals surface area contributed by atoms with E-state index in [-0.39, 0.29) is 139 Å². The molecule has 10 atom stereocenters. The van der Waals surface area contributed by atoms with Gasteiger partial charge in [-0.25, -0.2) is 0 Å². The van der Waals surface area contributed by atoms with Crippen LogP contribution in [0.25, 0.3) is 0 Å². The van der Waals surface area contributed by atoms with Gasteiger partial charge in [-0.05, 0) is 98.2 Å². The van der Waals surface area contributed by atoms with Crippen molar-refractivity contribution in [2.75, 3.05) is 39.8 Å². The van der Waals surface area contributed by atoms with Crippen molar-refractivity contribution in [3.05, 3.63) is 215 Å². The van der Waals surface area contributed by atoms with Crippen LogP contribution >= 0.6 is 0 Å². The highest BCUT2D eigenvalue weighted by atomic mass is 16.2. The number of benzene rings is 6. The van der Waals surface area contributed by atoms with Crippen LogP contribution in [0.3, 0.4) is 0 Å². The van der Waals surface area contributed by atoms with Gasteiger partial charge in [-0.15, -0.1) is 0 Å². The second-order valence-corrected chi connectivity index (χ2v) is 29.1. The maximum atomic E-state index is 15.4. The number of nitrogens with one attached hydrogen (secondary N) is 18. The zero-order valence-corrected chi connectivity index (χ0v) is 67.1. The molecular formula is C85H116N22O11. The van der Waals surface area contributed by atoms with Crippen LogP contribution in [0.4, 0.5) is 0 Å². The number of ketones is 2. The molecule has 0 spiro atoms. The molecule has 0 saturated heterocycles. The normalized spacial score (nSPS) is 13.5. The molecule has 6 rings (SSSR count). The van der Waals surface area contributed by atoms with E-state index in [4.69, 9.17) is 44.6 Å². The van der Waals surface area contributed by atoms with Crippen molar-refractivity contribution in [3.63, 3.8) is 0 Å². The molecule has 0 aliphatic carbocycles. The van der Waals surface area contributed by atoms with Crippen molar-refractivity contribution in [1.82, 2.24) is 74.4 Å². The van der Waals surface area contributed by atoms with Gasteiger partial charge in [0.2, 0.25) is 53.2 Å². The summed E-state index contributed by atoms with van der Waals surface area (Å²) in [5.74, 6) is -10.4. The van der Waals surface area contributed by atoms with E-state index in [9.17, 15) is 24.0 Å². The summed E-state index contributed by atoms with van der Waals surface area (Å²) in [6.07, 6.45) is 0.0782. The summed E-state index contributed by atoms with van der Waals surface area (Å²) in [4.78, 5) is 162. The lowest BCUT2D eigenvalue weighted by Crippen LogP contribution is -2.61. The van der Waals surface area contributed by atoms with Crippen molar-refractivity contribution in [2.45, 2.75) is 165 Å². The molecule has 0 aliphatic heterocycles. The van der Waals surface area contributed by atoms with Gasteiger partial charge >= 0.3 is 0 Å². The Labute approximate surface area is 688 Å². The number of likely N-dealkylation sites (N-methyl/N-ethyl adjacent to an activating group) is 1. The Morgan fingerprint density at radius 1 is 0.280 bits per heavy atom. The number of guanidine groups is 4. The predicted octanol–water partition coefficient (Wildman–Crippen LogP) is 0.879. The number of carbonyl (C=O) groups is 11. The first kappa shape index (κ1) is 93.8. The first-order chi connectivity index (χ1) is 56.6. The molecule has 0 aromatic heterocycles. The fourth-order valence-electron chi connectivity index (χ4n) is 12.9. The Kier molecular flexibility index (Phi) is 40.5. The second kappa shape index (κ2) is 51.0. The molecule has 0 heterocycles. The third-order valence-corrected chi connectivity index (χ3v) is 19.4. The summed E-state index contributed by atoms with van der Waals surface area (Å²) in [7, 11) is 1.60. The molecule has 118 heavy (non-hydrogen) atoms. The summed E-state index contributed by atoms with van der Waals surface area (Å²) in [6.45, 7) is 3.72. The van der Waals surface area contributed by atoms with E-state index >= 15 is 28.8 Å². The maximum absolute atomic E-state index is 15.4. The summed E-state index contributed by atoms with van der Waals surface area (Å²) in [6, 6.07) is 40.4. The second-order valence-electron chi connectivity index (χ2n) is 29.1. The Bertz CT molecular complexity index is 4250. The lowest BCUT2D eigenvalue weighted by atomic mass is 9.90. The SMILES string of the molecule is CNC(CCCNC(=N)N)C(=O)NC(Cc1ccccc1)C(=O)NC(Cc1ccccc1)C(=O)NC(CCCNC(=N)N)C(=O)NC(Cc1ccccc1)C(=O)NC(Cc1ccccc1)C(=O)NC(CCCNC(=N)N)C(=O)NC(Cc1ccccc1)C(=O)NC(Cc1ccccc1)C(=O)CC(CCCNC(=N)N)C(=O)NCC(=O)C(C)C. The molecule has 0 aliphatic rings. The maximum Gasteiger partial charge on any atom is 0.243 e. The number of Topliss-reactive ketones (excluding diaryl/α,β-unsaturated/α-hetero) is 2. The molecule has 632 valence electrons. The van der Waals surface area contributed by atoms with Crippen LogP contribution in [0, 0.1) is 33.5 Å². The highest BCUT2D eigenvalue weighted by Crippen LogP contribution is 2.19. The number of hydrogen-bond donors (Lipinski definition) is 22. The minimum absolute atomic E-state index is 0.00589. The lowest BCUT2D eigenvalue weighted by Gasteiger charge is -2.29. The number of hydrogen-bond acceptors (Lipinski definition) is 16. The van der Waals surface area contributed by atoms with Crippen LogP contribution < -0.4 is 97.4 Å². The average Bonchev–Trinajstić information content (AvgIpc) is 0.846. The van der Waals surface area contributed by atoms with Crippen molar-refractivity contribution < 1.29 is 52.7 Å². The molecule has 9 amide bonds. The standard InChI is InChI=1S/C85H116N22O11/c1-54(2)72(109)53-99-73(110)61(38-22-42-95-82(86)87)52-71(108)65(46-55-26-10-4-11-27-55)102-79(116)68(49-58-32-16-7-17-33-58)104-75(112)63(40-24-44-97-84(90)91)100-78(115)67(48-57-30-14-6-15-31-57)107-81(118)70(51-60-36-20-9-21-37-60)105-76(113)64(41-25-45-98-85(92)93)101-77(114)66(47-56-28-12-5-13-29-56)106-80(117)69(50-59-34-18-8-19-35-59)103-74(111)62(94-3)39-23-43-96-83(88)89/h4-21,26-37,54,61-70,94H,22-25,38-53H2,1-3H3,(H,99,110)(H,100,115)(H,101,114)(H,102,116)(H,103,111)(H,104,112)(H,105,113)(H,106,117)(H,107,118)(H4,86,87,95)(H4,88,89,96)(H4,90,91,97)(H4,92,93,98). The van der Waals surface area contributed by atoms with Gasteiger partial charge in [-0.2, -0.15) is 0 Å². The monoisotopic (exact) mass is 1620 g/mol. The Hall–Kier alpha value is -13.1. The first-order valence-corrected chi connectivity index (χ1v) is 39.6. The zero-order valence-electron chi connectivity index (χ0n) is 67.1. The summed E-state index contributed by atoms with van der Waals surface area (Å²) in [5, 5.41) is 70.2. The van der Waals surface area contributed by atoms with Crippen molar-refractivity contribution in [3.8, 4) is 0 Å². The molecule has 0 saturated carbocycles. The van der Waals surface area contributed by atoms with Crippen LogP contribution in [-0.2, 0) is 91.3 Å². The van der Waals surface area contributed by atoms with Crippen molar-refractivity contribution in [1.29, 1.82) is 21.6 Å². The quantitative estimate of drug-likeness (QED) is 0.0143. The van der Waals surface area contributed by atoms with Gasteiger partial charge in [0, 0.05) is 76.5 Å². The largest absolute Gasteiger partial charge is 0.370 e. The van der Waals surface area contributed by atoms with Crippen LogP contribution in [0.2, 0.25) is 0 Å². The Morgan fingerprint density at radius 2 is 0.500 bits per heavy atom. The van der Waals surface area contributed by atoms with E-state index in [0.29, 0.717) is 59.2 Å². The van der Waals surface area contributed by atoms with Crippen LogP contribution in [-0.4, -0.2) is 183 Å². The third-order valence-electron chi connectivity index (χ3n) is 19.4. The topological polar surface area (TPSA) is 556 Å².